The predicted molar refractivity (Wildman–Crippen MR) is 57.4 cm³/mol. The molecule has 0 amide bonds. The molecule has 1 atom stereocenters. The number of esters is 1. The average molecular weight is 214 g/mol. The molecule has 4 heteroatoms. The van der Waals surface area contributed by atoms with Crippen LogP contribution in [0.4, 0.5) is 0 Å². The van der Waals surface area contributed by atoms with Gasteiger partial charge >= 0.3 is 5.97 Å². The largest absolute Gasteiger partial charge is 0.513 e. The maximum atomic E-state index is 11.0. The Bertz CT molecular complexity index is 266. The highest BCUT2D eigenvalue weighted by atomic mass is 16.5. The van der Waals surface area contributed by atoms with E-state index in [1.807, 2.05) is 0 Å². The Balaban J connectivity index is 3.89. The van der Waals surface area contributed by atoms with E-state index in [-0.39, 0.29) is 25.2 Å². The minimum Gasteiger partial charge on any atom is -0.513 e. The van der Waals surface area contributed by atoms with E-state index in [9.17, 15) is 9.90 Å². The van der Waals surface area contributed by atoms with Crippen molar-refractivity contribution in [2.75, 3.05) is 6.61 Å². The van der Waals surface area contributed by atoms with Gasteiger partial charge in [0, 0.05) is 18.4 Å². The van der Waals surface area contributed by atoms with Crippen molar-refractivity contribution < 1.29 is 19.7 Å². The lowest BCUT2D eigenvalue weighted by Crippen LogP contribution is -2.27. The van der Waals surface area contributed by atoms with Gasteiger partial charge in [-0.2, -0.15) is 0 Å². The minimum atomic E-state index is -1.11. The van der Waals surface area contributed by atoms with E-state index in [0.29, 0.717) is 5.57 Å². The Morgan fingerprint density at radius 3 is 2.40 bits per heavy atom. The molecule has 0 heterocycles. The number of carbonyl (C=O) groups excluding carboxylic acids is 1. The zero-order valence-corrected chi connectivity index (χ0v) is 9.25. The number of ether oxygens (including phenoxy) is 1. The molecule has 0 spiro atoms. The fourth-order valence-corrected chi connectivity index (χ4v) is 1.01. The van der Waals surface area contributed by atoms with Gasteiger partial charge in [-0.1, -0.05) is 13.2 Å². The van der Waals surface area contributed by atoms with Crippen LogP contribution >= 0.6 is 0 Å². The molecule has 4 nitrogen and oxygen atoms in total. The summed E-state index contributed by atoms with van der Waals surface area (Å²) in [6.45, 7) is 9.90. The first-order chi connectivity index (χ1) is 6.74. The van der Waals surface area contributed by atoms with Crippen LogP contribution in [0.1, 0.15) is 26.7 Å². The van der Waals surface area contributed by atoms with Crippen LogP contribution in [0.25, 0.3) is 0 Å². The Hall–Kier alpha value is -1.29. The Labute approximate surface area is 89.9 Å². The summed E-state index contributed by atoms with van der Waals surface area (Å²) in [6.07, 6.45) is 0.309. The summed E-state index contributed by atoms with van der Waals surface area (Å²) >= 11 is 0. The summed E-state index contributed by atoms with van der Waals surface area (Å²) in [5, 5.41) is 18.6. The van der Waals surface area contributed by atoms with E-state index in [4.69, 9.17) is 9.84 Å². The monoisotopic (exact) mass is 214 g/mol. The zero-order valence-electron chi connectivity index (χ0n) is 9.25. The molecular weight excluding hydrogens is 196 g/mol. The van der Waals surface area contributed by atoms with Crippen LogP contribution in [0.5, 0.6) is 0 Å². The second-order valence-electron chi connectivity index (χ2n) is 3.91. The Morgan fingerprint density at radius 1 is 1.47 bits per heavy atom. The van der Waals surface area contributed by atoms with Crippen molar-refractivity contribution in [2.45, 2.75) is 32.3 Å². The van der Waals surface area contributed by atoms with Gasteiger partial charge in [0.1, 0.15) is 0 Å². The fraction of sp³-hybridized carbons (Fsp3) is 0.545. The lowest BCUT2D eigenvalue weighted by Gasteiger charge is -2.22. The predicted octanol–water partition coefficient (Wildman–Crippen LogP) is 1.71. The lowest BCUT2D eigenvalue weighted by atomic mass is 9.98. The van der Waals surface area contributed by atoms with Gasteiger partial charge in [-0.3, -0.25) is 0 Å². The van der Waals surface area contributed by atoms with E-state index >= 15 is 0 Å². The highest BCUT2D eigenvalue weighted by Gasteiger charge is 2.21. The molecule has 0 saturated carbocycles. The van der Waals surface area contributed by atoms with Crippen molar-refractivity contribution in [3.05, 3.63) is 24.5 Å². The molecule has 0 aliphatic rings. The van der Waals surface area contributed by atoms with E-state index in [2.05, 4.69) is 13.2 Å². The topological polar surface area (TPSA) is 66.8 Å². The first-order valence-electron chi connectivity index (χ1n) is 4.66. The van der Waals surface area contributed by atoms with Crippen molar-refractivity contribution in [2.24, 2.45) is 0 Å². The van der Waals surface area contributed by atoms with Crippen molar-refractivity contribution in [3.8, 4) is 0 Å². The van der Waals surface area contributed by atoms with Crippen molar-refractivity contribution in [1.82, 2.24) is 0 Å². The molecule has 15 heavy (non-hydrogen) atoms. The third-order valence-corrected chi connectivity index (χ3v) is 1.81. The number of hydrogen-bond donors (Lipinski definition) is 2. The van der Waals surface area contributed by atoms with Gasteiger partial charge in [-0.05, 0) is 13.8 Å². The maximum Gasteiger partial charge on any atom is 0.333 e. The average Bonchev–Trinajstić information content (AvgIpc) is 2.00. The van der Waals surface area contributed by atoms with Gasteiger partial charge in [0.15, 0.2) is 0 Å². The second-order valence-corrected chi connectivity index (χ2v) is 3.91. The molecule has 0 aromatic rings. The van der Waals surface area contributed by atoms with Crippen LogP contribution in [-0.4, -0.2) is 28.4 Å². The van der Waals surface area contributed by atoms with Crippen molar-refractivity contribution >= 4 is 5.97 Å². The quantitative estimate of drug-likeness (QED) is 0.401. The van der Waals surface area contributed by atoms with Crippen LogP contribution in [0.3, 0.4) is 0 Å². The summed E-state index contributed by atoms with van der Waals surface area (Å²) < 4.78 is 4.81. The summed E-state index contributed by atoms with van der Waals surface area (Å²) in [7, 11) is 0. The third kappa shape index (κ3) is 6.74. The lowest BCUT2D eigenvalue weighted by molar-refractivity contribution is -0.140. The summed E-state index contributed by atoms with van der Waals surface area (Å²) in [5.41, 5.74) is -0.789. The molecule has 0 aliphatic heterocycles. The zero-order chi connectivity index (χ0) is 12.1. The van der Waals surface area contributed by atoms with Crippen LogP contribution in [-0.2, 0) is 9.53 Å². The number of hydrogen-bond acceptors (Lipinski definition) is 4. The highest BCUT2D eigenvalue weighted by molar-refractivity contribution is 5.86. The van der Waals surface area contributed by atoms with E-state index in [1.54, 1.807) is 13.8 Å². The van der Waals surface area contributed by atoms with Crippen LogP contribution in [0, 0.1) is 0 Å². The molecule has 2 N–H and O–H groups in total. The maximum absolute atomic E-state index is 11.0. The van der Waals surface area contributed by atoms with Gasteiger partial charge in [-0.25, -0.2) is 4.79 Å². The SMILES string of the molecule is C=C(O)CC(C)(O)CCOC(=O)C(=C)C. The van der Waals surface area contributed by atoms with Gasteiger partial charge in [0.05, 0.1) is 18.0 Å². The van der Waals surface area contributed by atoms with E-state index < -0.39 is 11.6 Å². The molecule has 1 unspecified atom stereocenters. The molecule has 0 radical (unpaired) electrons. The highest BCUT2D eigenvalue weighted by Crippen LogP contribution is 2.17. The number of aliphatic hydroxyl groups excluding tert-OH is 1. The van der Waals surface area contributed by atoms with Crippen LogP contribution in [0.2, 0.25) is 0 Å². The number of rotatable bonds is 6. The van der Waals surface area contributed by atoms with Crippen molar-refractivity contribution in [1.29, 1.82) is 0 Å². The molecular formula is C11H18O4. The molecule has 0 saturated heterocycles. The Morgan fingerprint density at radius 2 is 2.00 bits per heavy atom. The summed E-state index contributed by atoms with van der Waals surface area (Å²) in [6, 6.07) is 0. The first kappa shape index (κ1) is 13.7. The second kappa shape index (κ2) is 5.56. The van der Waals surface area contributed by atoms with Crippen LogP contribution in [0.15, 0.2) is 24.5 Å². The Kier molecular flexibility index (Phi) is 5.08. The van der Waals surface area contributed by atoms with Crippen LogP contribution < -0.4 is 0 Å². The molecule has 0 aromatic heterocycles. The van der Waals surface area contributed by atoms with Crippen molar-refractivity contribution in [3.63, 3.8) is 0 Å². The van der Waals surface area contributed by atoms with Gasteiger partial charge in [-0.15, -0.1) is 0 Å². The van der Waals surface area contributed by atoms with E-state index in [1.165, 1.54) is 0 Å². The first-order valence-corrected chi connectivity index (χ1v) is 4.66. The minimum absolute atomic E-state index is 0.0671. The molecule has 0 bridgehead atoms. The van der Waals surface area contributed by atoms with Gasteiger partial charge in [0.25, 0.3) is 0 Å². The number of aliphatic hydroxyl groups is 2. The summed E-state index contributed by atoms with van der Waals surface area (Å²) in [4.78, 5) is 11.0. The number of carbonyl (C=O) groups is 1. The molecule has 0 aliphatic carbocycles. The molecule has 0 rings (SSSR count). The third-order valence-electron chi connectivity index (χ3n) is 1.81. The smallest absolute Gasteiger partial charge is 0.333 e. The van der Waals surface area contributed by atoms with E-state index in [0.717, 1.165) is 0 Å². The van der Waals surface area contributed by atoms with Gasteiger partial charge in [0.2, 0.25) is 0 Å². The summed E-state index contributed by atoms with van der Waals surface area (Å²) in [5.74, 6) is -0.570. The molecule has 0 aromatic carbocycles. The molecule has 0 fully saturated rings. The van der Waals surface area contributed by atoms with Gasteiger partial charge < -0.3 is 14.9 Å². The normalized spacial score (nSPS) is 14.1. The standard InChI is InChI=1S/C11H18O4/c1-8(2)10(13)15-6-5-11(4,14)7-9(3)12/h12,14H,1,3,5-7H2,2,4H3. The fourth-order valence-electron chi connectivity index (χ4n) is 1.01. The molecule has 86 valence electrons.